The lowest BCUT2D eigenvalue weighted by Gasteiger charge is -2.11. The van der Waals surface area contributed by atoms with Crippen LogP contribution in [0.3, 0.4) is 0 Å². The molecule has 0 aliphatic heterocycles. The van der Waals surface area contributed by atoms with Crippen LogP contribution in [0.1, 0.15) is 31.6 Å². The summed E-state index contributed by atoms with van der Waals surface area (Å²) >= 11 is 0. The molecule has 1 atom stereocenters. The smallest absolute Gasteiger partial charge is 0.134 e. The third-order valence-electron chi connectivity index (χ3n) is 3.49. The fourth-order valence-electron chi connectivity index (χ4n) is 2.44. The first-order valence-electron chi connectivity index (χ1n) is 7.64. The SMILES string of the molecule is CCCNC(C)Cc1ccc(-c2ccccc2COC)o1. The Hall–Kier alpha value is -1.58. The predicted molar refractivity (Wildman–Crippen MR) is 86.3 cm³/mol. The molecule has 1 heterocycles. The maximum absolute atomic E-state index is 6.01. The third-order valence-corrected chi connectivity index (χ3v) is 3.49. The van der Waals surface area contributed by atoms with Gasteiger partial charge in [-0.3, -0.25) is 0 Å². The van der Waals surface area contributed by atoms with Gasteiger partial charge in [0.1, 0.15) is 11.5 Å². The van der Waals surface area contributed by atoms with Gasteiger partial charge >= 0.3 is 0 Å². The molecule has 0 fully saturated rings. The highest BCUT2D eigenvalue weighted by molar-refractivity contribution is 5.62. The van der Waals surface area contributed by atoms with Gasteiger partial charge in [-0.15, -0.1) is 0 Å². The number of hydrogen-bond acceptors (Lipinski definition) is 3. The molecule has 0 aliphatic rings. The average molecular weight is 287 g/mol. The molecule has 21 heavy (non-hydrogen) atoms. The Labute approximate surface area is 127 Å². The quantitative estimate of drug-likeness (QED) is 0.796. The van der Waals surface area contributed by atoms with Crippen molar-refractivity contribution in [1.29, 1.82) is 0 Å². The molecule has 0 saturated carbocycles. The number of nitrogens with one attached hydrogen (secondary N) is 1. The van der Waals surface area contributed by atoms with Crippen LogP contribution in [0.25, 0.3) is 11.3 Å². The van der Waals surface area contributed by atoms with Crippen molar-refractivity contribution < 1.29 is 9.15 Å². The number of hydrogen-bond donors (Lipinski definition) is 1. The normalized spacial score (nSPS) is 12.5. The van der Waals surface area contributed by atoms with Gasteiger partial charge in [0, 0.05) is 25.1 Å². The summed E-state index contributed by atoms with van der Waals surface area (Å²) in [6.45, 7) is 6.01. The van der Waals surface area contributed by atoms with Crippen LogP contribution in [-0.4, -0.2) is 19.7 Å². The van der Waals surface area contributed by atoms with E-state index in [1.807, 2.05) is 12.1 Å². The Morgan fingerprint density at radius 3 is 2.76 bits per heavy atom. The fourth-order valence-corrected chi connectivity index (χ4v) is 2.44. The van der Waals surface area contributed by atoms with Crippen LogP contribution in [0.2, 0.25) is 0 Å². The second kappa shape index (κ2) is 8.01. The van der Waals surface area contributed by atoms with Crippen molar-refractivity contribution >= 4 is 0 Å². The predicted octanol–water partition coefficient (Wildman–Crippen LogP) is 4.02. The fraction of sp³-hybridized carbons (Fsp3) is 0.444. The van der Waals surface area contributed by atoms with Gasteiger partial charge in [-0.2, -0.15) is 0 Å². The summed E-state index contributed by atoms with van der Waals surface area (Å²) in [6, 6.07) is 12.8. The first-order chi connectivity index (χ1) is 10.2. The first kappa shape index (κ1) is 15.8. The summed E-state index contributed by atoms with van der Waals surface area (Å²) in [5.74, 6) is 1.94. The van der Waals surface area contributed by atoms with Gasteiger partial charge in [-0.25, -0.2) is 0 Å². The van der Waals surface area contributed by atoms with Gasteiger partial charge in [0.25, 0.3) is 0 Å². The molecule has 0 aliphatic carbocycles. The minimum atomic E-state index is 0.429. The summed E-state index contributed by atoms with van der Waals surface area (Å²) in [7, 11) is 1.71. The molecular formula is C18H25NO2. The molecule has 1 aromatic carbocycles. The molecule has 0 bridgehead atoms. The third kappa shape index (κ3) is 4.45. The largest absolute Gasteiger partial charge is 0.461 e. The maximum Gasteiger partial charge on any atom is 0.134 e. The molecule has 2 rings (SSSR count). The summed E-state index contributed by atoms with van der Waals surface area (Å²) in [5, 5.41) is 3.48. The molecule has 3 nitrogen and oxygen atoms in total. The van der Waals surface area contributed by atoms with Crippen molar-refractivity contribution in [1.82, 2.24) is 5.32 Å². The van der Waals surface area contributed by atoms with Crippen LogP contribution in [0, 0.1) is 0 Å². The lowest BCUT2D eigenvalue weighted by Crippen LogP contribution is -2.28. The Morgan fingerprint density at radius 2 is 2.00 bits per heavy atom. The summed E-state index contributed by atoms with van der Waals surface area (Å²) in [4.78, 5) is 0. The lowest BCUT2D eigenvalue weighted by atomic mass is 10.1. The average Bonchev–Trinajstić information content (AvgIpc) is 2.94. The van der Waals surface area contributed by atoms with Gasteiger partial charge in [0.2, 0.25) is 0 Å². The van der Waals surface area contributed by atoms with Crippen LogP contribution in [0.5, 0.6) is 0 Å². The van der Waals surface area contributed by atoms with Gasteiger partial charge in [0.05, 0.1) is 6.61 Å². The molecule has 0 amide bonds. The minimum absolute atomic E-state index is 0.429. The number of benzene rings is 1. The van der Waals surface area contributed by atoms with Crippen molar-refractivity contribution in [2.24, 2.45) is 0 Å². The Bertz CT molecular complexity index is 548. The molecule has 114 valence electrons. The Morgan fingerprint density at radius 1 is 1.19 bits per heavy atom. The van der Waals surface area contributed by atoms with Crippen molar-refractivity contribution in [3.63, 3.8) is 0 Å². The van der Waals surface area contributed by atoms with E-state index in [2.05, 4.69) is 43.4 Å². The minimum Gasteiger partial charge on any atom is -0.461 e. The summed E-state index contributed by atoms with van der Waals surface area (Å²) < 4.78 is 11.3. The molecule has 1 aromatic heterocycles. The molecule has 1 unspecified atom stereocenters. The van der Waals surface area contributed by atoms with Crippen LogP contribution < -0.4 is 5.32 Å². The zero-order valence-corrected chi connectivity index (χ0v) is 13.2. The Balaban J connectivity index is 2.09. The molecule has 1 N–H and O–H groups in total. The van der Waals surface area contributed by atoms with Crippen LogP contribution in [-0.2, 0) is 17.8 Å². The van der Waals surface area contributed by atoms with Crippen molar-refractivity contribution in [2.75, 3.05) is 13.7 Å². The lowest BCUT2D eigenvalue weighted by molar-refractivity contribution is 0.185. The van der Waals surface area contributed by atoms with E-state index in [-0.39, 0.29) is 0 Å². The van der Waals surface area contributed by atoms with Gasteiger partial charge in [-0.1, -0.05) is 31.2 Å². The van der Waals surface area contributed by atoms with E-state index >= 15 is 0 Å². The van der Waals surface area contributed by atoms with E-state index in [0.717, 1.165) is 42.0 Å². The number of methoxy groups -OCH3 is 1. The number of furan rings is 1. The van der Waals surface area contributed by atoms with Gasteiger partial charge < -0.3 is 14.5 Å². The first-order valence-corrected chi connectivity index (χ1v) is 7.64. The standard InChI is InChI=1S/C18H25NO2/c1-4-11-19-14(2)12-16-9-10-18(21-16)17-8-6-5-7-15(17)13-20-3/h5-10,14,19H,4,11-13H2,1-3H3. The summed E-state index contributed by atoms with van der Waals surface area (Å²) in [6.07, 6.45) is 2.06. The topological polar surface area (TPSA) is 34.4 Å². The monoisotopic (exact) mass is 287 g/mol. The van der Waals surface area contributed by atoms with Crippen LogP contribution in [0.4, 0.5) is 0 Å². The zero-order valence-electron chi connectivity index (χ0n) is 13.2. The van der Waals surface area contributed by atoms with Gasteiger partial charge in [-0.05, 0) is 37.6 Å². The van der Waals surface area contributed by atoms with Gasteiger partial charge in [0.15, 0.2) is 0 Å². The van der Waals surface area contributed by atoms with Crippen molar-refractivity contribution in [3.8, 4) is 11.3 Å². The highest BCUT2D eigenvalue weighted by Crippen LogP contribution is 2.26. The second-order valence-corrected chi connectivity index (χ2v) is 5.42. The van der Waals surface area contributed by atoms with Crippen molar-refractivity contribution in [3.05, 3.63) is 47.7 Å². The van der Waals surface area contributed by atoms with E-state index in [4.69, 9.17) is 9.15 Å². The molecule has 0 saturated heterocycles. The zero-order chi connectivity index (χ0) is 15.1. The van der Waals surface area contributed by atoms with Crippen molar-refractivity contribution in [2.45, 2.75) is 39.3 Å². The van der Waals surface area contributed by atoms with Crippen LogP contribution >= 0.6 is 0 Å². The van der Waals surface area contributed by atoms with E-state index < -0.39 is 0 Å². The molecular weight excluding hydrogens is 262 g/mol. The van der Waals surface area contributed by atoms with E-state index in [9.17, 15) is 0 Å². The molecule has 0 radical (unpaired) electrons. The number of rotatable bonds is 8. The van der Waals surface area contributed by atoms with E-state index in [0.29, 0.717) is 12.6 Å². The highest BCUT2D eigenvalue weighted by atomic mass is 16.5. The maximum atomic E-state index is 6.01. The molecule has 0 spiro atoms. The molecule has 3 heteroatoms. The Kier molecular flexibility index (Phi) is 6.03. The second-order valence-electron chi connectivity index (χ2n) is 5.42. The number of ether oxygens (including phenoxy) is 1. The van der Waals surface area contributed by atoms with E-state index in [1.165, 1.54) is 0 Å². The molecule has 2 aromatic rings. The highest BCUT2D eigenvalue weighted by Gasteiger charge is 2.11. The van der Waals surface area contributed by atoms with Crippen LogP contribution in [0.15, 0.2) is 40.8 Å². The summed E-state index contributed by atoms with van der Waals surface area (Å²) in [5.41, 5.74) is 2.26. The van der Waals surface area contributed by atoms with E-state index in [1.54, 1.807) is 7.11 Å².